The Labute approximate surface area is 173 Å². The molecule has 8 N–H and O–H groups in total. The van der Waals surface area contributed by atoms with Gasteiger partial charge in [-0.15, -0.1) is 0 Å². The summed E-state index contributed by atoms with van der Waals surface area (Å²) in [5, 5.41) is 0. The summed E-state index contributed by atoms with van der Waals surface area (Å²) < 4.78 is 67.6. The molecule has 158 valence electrons. The van der Waals surface area contributed by atoms with Gasteiger partial charge in [0.1, 0.15) is 9.79 Å². The minimum absolute atomic E-state index is 0.0518. The number of anilines is 6. The van der Waals surface area contributed by atoms with Gasteiger partial charge in [-0.25, -0.2) is 0 Å². The average molecular weight is 450 g/mol. The summed E-state index contributed by atoms with van der Waals surface area (Å²) in [5.74, 6) is 0. The Kier molecular flexibility index (Phi) is 5.34. The summed E-state index contributed by atoms with van der Waals surface area (Å²) in [4.78, 5) is 0.0692. The van der Waals surface area contributed by atoms with Gasteiger partial charge in [-0.05, 0) is 60.7 Å². The van der Waals surface area contributed by atoms with Crippen molar-refractivity contribution in [2.45, 2.75) is 9.79 Å². The predicted molar refractivity (Wildman–Crippen MR) is 114 cm³/mol. The molecule has 10 nitrogen and oxygen atoms in total. The van der Waals surface area contributed by atoms with Gasteiger partial charge in [0.25, 0.3) is 20.2 Å². The topological polar surface area (TPSA) is 190 Å². The van der Waals surface area contributed by atoms with Crippen molar-refractivity contribution < 1.29 is 25.9 Å². The highest BCUT2D eigenvalue weighted by molar-refractivity contribution is 7.86. The second-order valence-corrected chi connectivity index (χ2v) is 9.11. The number of nitrogens with zero attached hydrogens (tertiary/aromatic N) is 1. The molecule has 0 spiro atoms. The van der Waals surface area contributed by atoms with Gasteiger partial charge >= 0.3 is 0 Å². The zero-order chi connectivity index (χ0) is 22.3. The molecule has 0 saturated heterocycles. The van der Waals surface area contributed by atoms with E-state index >= 15 is 0 Å². The lowest BCUT2D eigenvalue weighted by Gasteiger charge is -2.28. The maximum absolute atomic E-state index is 12.0. The molecule has 30 heavy (non-hydrogen) atoms. The summed E-state index contributed by atoms with van der Waals surface area (Å²) in [6.07, 6.45) is 0. The molecule has 12 heteroatoms. The Morgan fingerprint density at radius 2 is 0.967 bits per heavy atom. The van der Waals surface area contributed by atoms with E-state index in [1.807, 2.05) is 0 Å². The molecule has 0 bridgehead atoms. The van der Waals surface area contributed by atoms with Gasteiger partial charge in [0.05, 0.1) is 11.4 Å². The van der Waals surface area contributed by atoms with E-state index < -0.39 is 30.0 Å². The van der Waals surface area contributed by atoms with Crippen molar-refractivity contribution >= 4 is 54.4 Å². The molecule has 3 aromatic rings. The summed E-state index contributed by atoms with van der Waals surface area (Å²) in [5.41, 5.74) is 17.6. The van der Waals surface area contributed by atoms with Gasteiger partial charge in [0.15, 0.2) is 0 Å². The van der Waals surface area contributed by atoms with E-state index in [-0.39, 0.29) is 28.4 Å². The van der Waals surface area contributed by atoms with Crippen LogP contribution >= 0.6 is 0 Å². The highest BCUT2D eigenvalue weighted by Crippen LogP contribution is 2.42. The summed E-state index contributed by atoms with van der Waals surface area (Å²) >= 11 is 0. The second kappa shape index (κ2) is 7.50. The van der Waals surface area contributed by atoms with Crippen LogP contribution in [0.3, 0.4) is 0 Å². The van der Waals surface area contributed by atoms with Crippen molar-refractivity contribution in [2.75, 3.05) is 22.1 Å². The average Bonchev–Trinajstić information content (AvgIpc) is 2.64. The lowest BCUT2D eigenvalue weighted by Crippen LogP contribution is -2.17. The van der Waals surface area contributed by atoms with Crippen LogP contribution in [0.15, 0.2) is 70.5 Å². The van der Waals surface area contributed by atoms with E-state index in [0.717, 1.165) is 12.1 Å². The number of hydrogen-bond acceptors (Lipinski definition) is 8. The molecule has 0 amide bonds. The fourth-order valence-electron chi connectivity index (χ4n) is 2.88. The van der Waals surface area contributed by atoms with Crippen LogP contribution in [0.2, 0.25) is 0 Å². The minimum atomic E-state index is -4.76. The quantitative estimate of drug-likeness (QED) is 0.285. The van der Waals surface area contributed by atoms with E-state index in [1.165, 1.54) is 53.4 Å². The van der Waals surface area contributed by atoms with Crippen LogP contribution in [0.25, 0.3) is 0 Å². The molecule has 3 aromatic carbocycles. The first-order chi connectivity index (χ1) is 13.9. The molecule has 0 radical (unpaired) electrons. The Morgan fingerprint density at radius 3 is 1.33 bits per heavy atom. The normalized spacial score (nSPS) is 11.9. The first-order valence-corrected chi connectivity index (χ1v) is 11.2. The van der Waals surface area contributed by atoms with Crippen LogP contribution in [0.4, 0.5) is 34.1 Å². The third-order valence-corrected chi connectivity index (χ3v) is 5.92. The fraction of sp³-hybridized carbons (Fsp3) is 0. The van der Waals surface area contributed by atoms with Crippen LogP contribution in [-0.2, 0) is 20.2 Å². The molecule has 0 aliphatic carbocycles. The van der Waals surface area contributed by atoms with Crippen molar-refractivity contribution in [3.8, 4) is 0 Å². The van der Waals surface area contributed by atoms with Crippen molar-refractivity contribution in [3.05, 3.63) is 60.7 Å². The van der Waals surface area contributed by atoms with Gasteiger partial charge in [0.2, 0.25) is 0 Å². The van der Waals surface area contributed by atoms with Crippen LogP contribution < -0.4 is 22.1 Å². The third-order valence-electron chi connectivity index (χ3n) is 4.16. The molecule has 0 aliphatic rings. The molecule has 3 rings (SSSR count). The van der Waals surface area contributed by atoms with Gasteiger partial charge in [-0.3, -0.25) is 9.11 Å². The van der Waals surface area contributed by atoms with E-state index in [9.17, 15) is 25.9 Å². The van der Waals surface area contributed by atoms with Crippen LogP contribution in [0.1, 0.15) is 0 Å². The first-order valence-electron chi connectivity index (χ1n) is 8.27. The van der Waals surface area contributed by atoms with Gasteiger partial charge in [-0.1, -0.05) is 0 Å². The van der Waals surface area contributed by atoms with E-state index in [0.29, 0.717) is 5.69 Å². The molecule has 0 saturated carbocycles. The summed E-state index contributed by atoms with van der Waals surface area (Å²) in [6, 6.07) is 13.4. The predicted octanol–water partition coefficient (Wildman–Crippen LogP) is 2.40. The lowest BCUT2D eigenvalue weighted by molar-refractivity contribution is 0.482. The molecule has 0 atom stereocenters. The molecule has 0 heterocycles. The van der Waals surface area contributed by atoms with Crippen LogP contribution in [0.5, 0.6) is 0 Å². The van der Waals surface area contributed by atoms with E-state index in [1.54, 1.807) is 0 Å². The smallest absolute Gasteiger partial charge is 0.296 e. The highest BCUT2D eigenvalue weighted by Gasteiger charge is 2.27. The largest absolute Gasteiger partial charge is 0.399 e. The monoisotopic (exact) mass is 450 g/mol. The van der Waals surface area contributed by atoms with Crippen molar-refractivity contribution in [3.63, 3.8) is 0 Å². The zero-order valence-corrected chi connectivity index (χ0v) is 16.9. The van der Waals surface area contributed by atoms with Gasteiger partial charge in [0, 0.05) is 22.7 Å². The van der Waals surface area contributed by atoms with Crippen LogP contribution in [-0.4, -0.2) is 25.9 Å². The Hall–Kier alpha value is -3.32. The molecule has 0 fully saturated rings. The summed E-state index contributed by atoms with van der Waals surface area (Å²) in [6.45, 7) is 0. The fourth-order valence-corrected chi connectivity index (χ4v) is 4.29. The van der Waals surface area contributed by atoms with Gasteiger partial charge < -0.3 is 22.1 Å². The number of benzene rings is 3. The van der Waals surface area contributed by atoms with E-state index in [4.69, 9.17) is 17.2 Å². The van der Waals surface area contributed by atoms with Crippen molar-refractivity contribution in [1.82, 2.24) is 0 Å². The molecule has 0 aliphatic heterocycles. The third kappa shape index (κ3) is 4.31. The molecule has 0 aromatic heterocycles. The SMILES string of the molecule is Nc1ccc(N(c2ccc(N)cc2S(=O)(=O)O)c2ccc(N)cc2S(=O)(=O)O)cc1. The van der Waals surface area contributed by atoms with E-state index in [2.05, 4.69) is 0 Å². The standard InChI is InChI=1S/C18H18N4O6S2/c19-11-1-5-14(6-2-11)22(15-7-3-12(20)9-17(15)29(23,24)25)16-8-4-13(21)10-18(16)30(26,27)28/h1-10H,19-21H2,(H,23,24,25)(H,26,27,28). The number of rotatable bonds is 5. The highest BCUT2D eigenvalue weighted by atomic mass is 32.2. The molecular weight excluding hydrogens is 432 g/mol. The molecular formula is C18H18N4O6S2. The Balaban J connectivity index is 2.44. The lowest BCUT2D eigenvalue weighted by atomic mass is 10.1. The number of hydrogen-bond donors (Lipinski definition) is 5. The van der Waals surface area contributed by atoms with Crippen molar-refractivity contribution in [2.24, 2.45) is 0 Å². The first kappa shape index (κ1) is 21.4. The Morgan fingerprint density at radius 1 is 0.600 bits per heavy atom. The minimum Gasteiger partial charge on any atom is -0.399 e. The second-order valence-electron chi connectivity index (χ2n) is 6.33. The summed E-state index contributed by atoms with van der Waals surface area (Å²) in [7, 11) is -9.53. The van der Waals surface area contributed by atoms with Crippen molar-refractivity contribution in [1.29, 1.82) is 0 Å². The van der Waals surface area contributed by atoms with Crippen LogP contribution in [0, 0.1) is 0 Å². The number of nitrogens with two attached hydrogens (primary N) is 3. The molecule has 0 unspecified atom stereocenters. The maximum atomic E-state index is 12.0. The van der Waals surface area contributed by atoms with Gasteiger partial charge in [-0.2, -0.15) is 16.8 Å². The maximum Gasteiger partial charge on any atom is 0.296 e. The number of nitrogen functional groups attached to an aromatic ring is 3. The Bertz CT molecular complexity index is 1240. The zero-order valence-electron chi connectivity index (χ0n) is 15.3.